The summed E-state index contributed by atoms with van der Waals surface area (Å²) < 4.78 is 0. The molecule has 6 nitrogen and oxygen atoms in total. The molecule has 26 heavy (non-hydrogen) atoms. The van der Waals surface area contributed by atoms with Crippen LogP contribution in [0, 0.1) is 6.92 Å². The van der Waals surface area contributed by atoms with Crippen molar-refractivity contribution in [1.29, 1.82) is 0 Å². The van der Waals surface area contributed by atoms with Crippen LogP contribution in [0.5, 0.6) is 0 Å². The number of carboxylic acids is 1. The second-order valence-electron chi connectivity index (χ2n) is 6.48. The summed E-state index contributed by atoms with van der Waals surface area (Å²) in [6.07, 6.45) is 8.30. The number of carbonyl (C=O) groups is 1. The van der Waals surface area contributed by atoms with E-state index in [1.807, 2.05) is 6.92 Å². The molecule has 1 aromatic heterocycles. The second kappa shape index (κ2) is 8.47. The van der Waals surface area contributed by atoms with Gasteiger partial charge in [-0.15, -0.1) is 0 Å². The molecule has 1 aliphatic carbocycles. The number of para-hydroxylation sites is 1. The summed E-state index contributed by atoms with van der Waals surface area (Å²) in [6.45, 7) is 2.69. The smallest absolute Gasteiger partial charge is 0.337 e. The Morgan fingerprint density at radius 1 is 1.23 bits per heavy atom. The number of nitrogens with one attached hydrogen (secondary N) is 2. The average Bonchev–Trinajstić information content (AvgIpc) is 2.62. The molecule has 0 spiro atoms. The minimum atomic E-state index is -0.974. The van der Waals surface area contributed by atoms with E-state index in [0.717, 1.165) is 18.7 Å². The number of hydrogen-bond acceptors (Lipinski definition) is 5. The lowest BCUT2D eigenvalue weighted by Crippen LogP contribution is -2.10. The summed E-state index contributed by atoms with van der Waals surface area (Å²) in [5, 5.41) is 15.7. The second-order valence-corrected chi connectivity index (χ2v) is 6.48. The molecule has 2 aromatic rings. The number of rotatable bonds is 7. The molecule has 1 aromatic carbocycles. The zero-order chi connectivity index (χ0) is 18.4. The van der Waals surface area contributed by atoms with Gasteiger partial charge in [0.1, 0.15) is 5.82 Å². The summed E-state index contributed by atoms with van der Waals surface area (Å²) in [4.78, 5) is 20.2. The topological polar surface area (TPSA) is 87.1 Å². The van der Waals surface area contributed by atoms with Gasteiger partial charge in [-0.1, -0.05) is 23.8 Å². The Labute approximate surface area is 153 Å². The Hall–Kier alpha value is -2.89. The van der Waals surface area contributed by atoms with Gasteiger partial charge in [-0.25, -0.2) is 9.78 Å². The molecular weight excluding hydrogens is 328 g/mol. The van der Waals surface area contributed by atoms with Crippen LogP contribution in [0.25, 0.3) is 0 Å². The third kappa shape index (κ3) is 4.81. The van der Waals surface area contributed by atoms with E-state index < -0.39 is 5.97 Å². The summed E-state index contributed by atoms with van der Waals surface area (Å²) in [6, 6.07) is 8.58. The lowest BCUT2D eigenvalue weighted by molar-refractivity contribution is 0.0698. The molecule has 0 amide bonds. The van der Waals surface area contributed by atoms with Gasteiger partial charge in [0.2, 0.25) is 5.95 Å². The highest BCUT2D eigenvalue weighted by Crippen LogP contribution is 2.22. The molecule has 0 radical (unpaired) electrons. The van der Waals surface area contributed by atoms with Gasteiger partial charge in [0.15, 0.2) is 0 Å². The maximum atomic E-state index is 11.3. The molecule has 0 unspecified atom stereocenters. The molecular formula is C20H24N4O2. The third-order valence-corrected chi connectivity index (χ3v) is 4.39. The predicted molar refractivity (Wildman–Crippen MR) is 103 cm³/mol. The largest absolute Gasteiger partial charge is 0.478 e. The summed E-state index contributed by atoms with van der Waals surface area (Å²) in [5.74, 6) is 0.153. The number of aromatic nitrogens is 2. The van der Waals surface area contributed by atoms with Crippen LogP contribution in [0.15, 0.2) is 42.0 Å². The van der Waals surface area contributed by atoms with E-state index >= 15 is 0 Å². The van der Waals surface area contributed by atoms with Crippen LogP contribution in [-0.2, 0) is 0 Å². The standard InChI is InChI=1S/C20H24N4O2/c1-14-13-18(23-17-10-6-5-9-16(17)19(25)26)24-20(22-14)21-12-11-15-7-3-2-4-8-15/h5-7,9-10,13H,2-4,8,11-12H2,1H3,(H,25,26)(H2,21,22,23,24). The molecule has 1 heterocycles. The van der Waals surface area contributed by atoms with E-state index in [1.54, 1.807) is 30.3 Å². The predicted octanol–water partition coefficient (Wildman–Crippen LogP) is 4.53. The van der Waals surface area contributed by atoms with Gasteiger partial charge in [0, 0.05) is 18.3 Å². The van der Waals surface area contributed by atoms with Crippen molar-refractivity contribution in [2.45, 2.75) is 39.0 Å². The van der Waals surface area contributed by atoms with Gasteiger partial charge in [-0.2, -0.15) is 4.98 Å². The van der Waals surface area contributed by atoms with Crippen LogP contribution in [0.1, 0.15) is 48.2 Å². The highest BCUT2D eigenvalue weighted by Gasteiger charge is 2.11. The van der Waals surface area contributed by atoms with Crippen molar-refractivity contribution in [3.05, 3.63) is 53.2 Å². The van der Waals surface area contributed by atoms with Crippen LogP contribution in [0.3, 0.4) is 0 Å². The minimum Gasteiger partial charge on any atom is -0.478 e. The van der Waals surface area contributed by atoms with Crippen LogP contribution < -0.4 is 10.6 Å². The van der Waals surface area contributed by atoms with Crippen LogP contribution in [0.2, 0.25) is 0 Å². The first-order valence-corrected chi connectivity index (χ1v) is 8.98. The van der Waals surface area contributed by atoms with Gasteiger partial charge in [0.05, 0.1) is 11.3 Å². The Kier molecular flexibility index (Phi) is 5.84. The van der Waals surface area contributed by atoms with Crippen molar-refractivity contribution < 1.29 is 9.90 Å². The van der Waals surface area contributed by atoms with Gasteiger partial charge in [-0.3, -0.25) is 0 Å². The van der Waals surface area contributed by atoms with E-state index in [4.69, 9.17) is 0 Å². The zero-order valence-electron chi connectivity index (χ0n) is 15.0. The van der Waals surface area contributed by atoms with E-state index in [0.29, 0.717) is 17.5 Å². The van der Waals surface area contributed by atoms with Crippen molar-refractivity contribution in [3.63, 3.8) is 0 Å². The Morgan fingerprint density at radius 2 is 2.08 bits per heavy atom. The Morgan fingerprint density at radius 3 is 2.85 bits per heavy atom. The van der Waals surface area contributed by atoms with Gasteiger partial charge in [0.25, 0.3) is 0 Å². The molecule has 1 aliphatic rings. The number of benzene rings is 1. The summed E-state index contributed by atoms with van der Waals surface area (Å²) >= 11 is 0. The molecule has 3 rings (SSSR count). The van der Waals surface area contributed by atoms with Crippen LogP contribution in [0.4, 0.5) is 17.5 Å². The van der Waals surface area contributed by atoms with Crippen molar-refractivity contribution in [2.75, 3.05) is 17.2 Å². The normalized spacial score (nSPS) is 13.8. The van der Waals surface area contributed by atoms with E-state index in [2.05, 4.69) is 26.7 Å². The van der Waals surface area contributed by atoms with Gasteiger partial charge >= 0.3 is 5.97 Å². The highest BCUT2D eigenvalue weighted by molar-refractivity contribution is 5.95. The number of anilines is 3. The third-order valence-electron chi connectivity index (χ3n) is 4.39. The highest BCUT2D eigenvalue weighted by atomic mass is 16.4. The molecule has 0 saturated carbocycles. The minimum absolute atomic E-state index is 0.211. The van der Waals surface area contributed by atoms with E-state index in [9.17, 15) is 9.90 Å². The maximum Gasteiger partial charge on any atom is 0.337 e. The molecule has 6 heteroatoms. The SMILES string of the molecule is Cc1cc(Nc2ccccc2C(=O)O)nc(NCCC2=CCCCC2)n1. The fraction of sp³-hybridized carbons (Fsp3) is 0.350. The first-order chi connectivity index (χ1) is 12.6. The fourth-order valence-electron chi connectivity index (χ4n) is 3.09. The zero-order valence-corrected chi connectivity index (χ0v) is 15.0. The number of hydrogen-bond donors (Lipinski definition) is 3. The Bertz CT molecular complexity index is 817. The first kappa shape index (κ1) is 17.9. The monoisotopic (exact) mass is 352 g/mol. The van der Waals surface area contributed by atoms with Crippen molar-refractivity contribution >= 4 is 23.4 Å². The first-order valence-electron chi connectivity index (χ1n) is 8.98. The number of aryl methyl sites for hydroxylation is 1. The van der Waals surface area contributed by atoms with Crippen molar-refractivity contribution in [1.82, 2.24) is 9.97 Å². The maximum absolute atomic E-state index is 11.3. The number of carboxylic acid groups (broad SMARTS) is 1. The summed E-state index contributed by atoms with van der Waals surface area (Å²) in [5.41, 5.74) is 3.04. The molecule has 0 fully saturated rings. The molecule has 3 N–H and O–H groups in total. The van der Waals surface area contributed by atoms with E-state index in [-0.39, 0.29) is 5.56 Å². The lowest BCUT2D eigenvalue weighted by atomic mass is 9.97. The molecule has 0 saturated heterocycles. The van der Waals surface area contributed by atoms with Gasteiger partial charge < -0.3 is 15.7 Å². The quantitative estimate of drug-likeness (QED) is 0.635. The molecule has 0 bridgehead atoms. The van der Waals surface area contributed by atoms with Gasteiger partial charge in [-0.05, 0) is 51.2 Å². The van der Waals surface area contributed by atoms with Crippen LogP contribution in [-0.4, -0.2) is 27.6 Å². The van der Waals surface area contributed by atoms with Crippen molar-refractivity contribution in [2.24, 2.45) is 0 Å². The lowest BCUT2D eigenvalue weighted by Gasteiger charge is -2.14. The van der Waals surface area contributed by atoms with Crippen molar-refractivity contribution in [3.8, 4) is 0 Å². The number of nitrogens with zero attached hydrogens (tertiary/aromatic N) is 2. The molecule has 0 atom stereocenters. The number of aromatic carboxylic acids is 1. The fourth-order valence-corrected chi connectivity index (χ4v) is 3.09. The summed E-state index contributed by atoms with van der Waals surface area (Å²) in [7, 11) is 0. The molecule has 136 valence electrons. The van der Waals surface area contributed by atoms with Crippen LogP contribution >= 0.6 is 0 Å². The average molecular weight is 352 g/mol. The molecule has 0 aliphatic heterocycles. The Balaban J connectivity index is 1.68. The number of allylic oxidation sites excluding steroid dienone is 1. The van der Waals surface area contributed by atoms with E-state index in [1.165, 1.54) is 31.3 Å².